The first-order chi connectivity index (χ1) is 21.3. The summed E-state index contributed by atoms with van der Waals surface area (Å²) in [6.07, 6.45) is 0.621. The van der Waals surface area contributed by atoms with Crippen molar-refractivity contribution < 1.29 is 19.5 Å². The van der Waals surface area contributed by atoms with Crippen molar-refractivity contribution >= 4 is 28.5 Å². The molecule has 0 saturated heterocycles. The van der Waals surface area contributed by atoms with Crippen LogP contribution in [0, 0.1) is 5.92 Å². The fourth-order valence-corrected chi connectivity index (χ4v) is 5.36. The van der Waals surface area contributed by atoms with Gasteiger partial charge in [-0.15, -0.1) is 0 Å². The predicted molar refractivity (Wildman–Crippen MR) is 175 cm³/mol. The number of carbonyl (C=O) groups is 3. The zero-order chi connectivity index (χ0) is 31.3. The second-order valence-corrected chi connectivity index (χ2v) is 11.6. The standard InChI is InChI=1S/C37H43N3O4/c1-26(2)36(40-35(43)25-30-18-11-17-29-16-9-10-19-31(29)30)37(44)39-32(24-28-14-7-4-8-15-28)33(41)20-21-34(42)38-23-22-27-12-5-3-6-13-27/h3-19,26,32-33,36,41H,20-25H2,1-2H3,(H,38,42)(H,39,44)(H,40,43)/t32-,33-,36?/m0/s1. The number of aliphatic hydroxyl groups excluding tert-OH is 1. The molecule has 4 aromatic rings. The van der Waals surface area contributed by atoms with Crippen LogP contribution in [-0.4, -0.2) is 47.6 Å². The summed E-state index contributed by atoms with van der Waals surface area (Å²) >= 11 is 0. The van der Waals surface area contributed by atoms with E-state index < -0.39 is 18.2 Å². The van der Waals surface area contributed by atoms with E-state index >= 15 is 0 Å². The summed E-state index contributed by atoms with van der Waals surface area (Å²) in [7, 11) is 0. The first kappa shape index (κ1) is 32.4. The van der Waals surface area contributed by atoms with Gasteiger partial charge in [0, 0.05) is 13.0 Å². The Hall–Kier alpha value is -4.49. The molecule has 1 unspecified atom stereocenters. The third kappa shape index (κ3) is 9.78. The smallest absolute Gasteiger partial charge is 0.243 e. The molecule has 0 radical (unpaired) electrons. The van der Waals surface area contributed by atoms with Crippen molar-refractivity contribution in [3.05, 3.63) is 120 Å². The largest absolute Gasteiger partial charge is 0.391 e. The van der Waals surface area contributed by atoms with Gasteiger partial charge in [-0.3, -0.25) is 14.4 Å². The van der Waals surface area contributed by atoms with Gasteiger partial charge in [-0.1, -0.05) is 117 Å². The summed E-state index contributed by atoms with van der Waals surface area (Å²) in [6, 6.07) is 31.9. The van der Waals surface area contributed by atoms with E-state index in [2.05, 4.69) is 16.0 Å². The maximum Gasteiger partial charge on any atom is 0.243 e. The predicted octanol–water partition coefficient (Wildman–Crippen LogP) is 4.75. The van der Waals surface area contributed by atoms with Crippen molar-refractivity contribution in [2.24, 2.45) is 5.92 Å². The van der Waals surface area contributed by atoms with Crippen molar-refractivity contribution in [2.45, 2.75) is 64.1 Å². The van der Waals surface area contributed by atoms with Gasteiger partial charge in [0.15, 0.2) is 0 Å². The lowest BCUT2D eigenvalue weighted by atomic mass is 9.96. The Morgan fingerprint density at radius 2 is 1.36 bits per heavy atom. The SMILES string of the molecule is CC(C)C(NC(=O)Cc1cccc2ccccc12)C(=O)N[C@@H](Cc1ccccc1)[C@@H](O)CCC(=O)NCCc1ccccc1. The van der Waals surface area contributed by atoms with Gasteiger partial charge in [0.25, 0.3) is 0 Å². The van der Waals surface area contributed by atoms with Crippen LogP contribution < -0.4 is 16.0 Å². The Balaban J connectivity index is 1.37. The molecule has 0 fully saturated rings. The maximum atomic E-state index is 13.6. The summed E-state index contributed by atoms with van der Waals surface area (Å²) in [5.74, 6) is -0.942. The molecule has 0 aromatic heterocycles. The normalized spacial score (nSPS) is 13.2. The molecule has 0 spiro atoms. The molecule has 4 aromatic carbocycles. The highest BCUT2D eigenvalue weighted by Gasteiger charge is 2.29. The summed E-state index contributed by atoms with van der Waals surface area (Å²) < 4.78 is 0. The molecule has 4 N–H and O–H groups in total. The molecule has 44 heavy (non-hydrogen) atoms. The van der Waals surface area contributed by atoms with E-state index in [0.717, 1.165) is 33.9 Å². The number of benzene rings is 4. The van der Waals surface area contributed by atoms with Gasteiger partial charge in [0.2, 0.25) is 17.7 Å². The summed E-state index contributed by atoms with van der Waals surface area (Å²) in [4.78, 5) is 39.3. The molecule has 7 heteroatoms. The fraction of sp³-hybridized carbons (Fsp3) is 0.324. The number of carbonyl (C=O) groups excluding carboxylic acids is 3. The van der Waals surface area contributed by atoms with E-state index in [1.807, 2.05) is 117 Å². The zero-order valence-electron chi connectivity index (χ0n) is 25.5. The van der Waals surface area contributed by atoms with E-state index in [0.29, 0.717) is 13.0 Å². The molecule has 0 saturated carbocycles. The minimum Gasteiger partial charge on any atom is -0.391 e. The number of nitrogens with one attached hydrogen (secondary N) is 3. The highest BCUT2D eigenvalue weighted by atomic mass is 16.3. The minimum absolute atomic E-state index is 0.131. The van der Waals surface area contributed by atoms with Gasteiger partial charge in [-0.25, -0.2) is 0 Å². The number of amides is 3. The first-order valence-electron chi connectivity index (χ1n) is 15.4. The van der Waals surface area contributed by atoms with Crippen LogP contribution in [0.2, 0.25) is 0 Å². The lowest BCUT2D eigenvalue weighted by Gasteiger charge is -2.28. The molecule has 4 rings (SSSR count). The van der Waals surface area contributed by atoms with Crippen molar-refractivity contribution in [1.82, 2.24) is 16.0 Å². The number of hydrogen-bond donors (Lipinski definition) is 4. The van der Waals surface area contributed by atoms with Crippen LogP contribution >= 0.6 is 0 Å². The van der Waals surface area contributed by atoms with E-state index in [-0.39, 0.29) is 42.9 Å². The molecule has 0 aliphatic heterocycles. The molecule has 0 aliphatic carbocycles. The Bertz CT molecular complexity index is 1500. The van der Waals surface area contributed by atoms with E-state index in [4.69, 9.17) is 0 Å². The van der Waals surface area contributed by atoms with Gasteiger partial charge < -0.3 is 21.1 Å². The maximum absolute atomic E-state index is 13.6. The Morgan fingerprint density at radius 3 is 2.07 bits per heavy atom. The quantitative estimate of drug-likeness (QED) is 0.160. The van der Waals surface area contributed by atoms with E-state index in [1.54, 1.807) is 0 Å². The Kier molecular flexibility index (Phi) is 12.1. The Morgan fingerprint density at radius 1 is 0.727 bits per heavy atom. The van der Waals surface area contributed by atoms with Crippen LogP contribution in [0.3, 0.4) is 0 Å². The third-order valence-corrected chi connectivity index (χ3v) is 7.83. The van der Waals surface area contributed by atoms with Gasteiger partial charge in [-0.05, 0) is 52.6 Å². The molecular weight excluding hydrogens is 550 g/mol. The average Bonchev–Trinajstić information content (AvgIpc) is 3.03. The Labute approximate surface area is 260 Å². The topological polar surface area (TPSA) is 108 Å². The summed E-state index contributed by atoms with van der Waals surface area (Å²) in [6.45, 7) is 4.27. The molecule has 3 amide bonds. The van der Waals surface area contributed by atoms with Crippen molar-refractivity contribution in [2.75, 3.05) is 6.54 Å². The van der Waals surface area contributed by atoms with Crippen LogP contribution in [0.4, 0.5) is 0 Å². The average molecular weight is 594 g/mol. The van der Waals surface area contributed by atoms with Crippen LogP contribution in [0.1, 0.15) is 43.4 Å². The van der Waals surface area contributed by atoms with Crippen LogP contribution in [0.25, 0.3) is 10.8 Å². The summed E-state index contributed by atoms with van der Waals surface area (Å²) in [5.41, 5.74) is 2.98. The van der Waals surface area contributed by atoms with Gasteiger partial charge in [-0.2, -0.15) is 0 Å². The fourth-order valence-electron chi connectivity index (χ4n) is 5.36. The highest BCUT2D eigenvalue weighted by Crippen LogP contribution is 2.19. The minimum atomic E-state index is -0.960. The number of fused-ring (bicyclic) bond motifs is 1. The zero-order valence-corrected chi connectivity index (χ0v) is 25.5. The second-order valence-electron chi connectivity index (χ2n) is 11.6. The van der Waals surface area contributed by atoms with Gasteiger partial charge in [0.05, 0.1) is 18.6 Å². The lowest BCUT2D eigenvalue weighted by molar-refractivity contribution is -0.130. The van der Waals surface area contributed by atoms with Crippen molar-refractivity contribution in [1.29, 1.82) is 0 Å². The molecule has 0 bridgehead atoms. The first-order valence-corrected chi connectivity index (χ1v) is 15.4. The van der Waals surface area contributed by atoms with Crippen LogP contribution in [0.5, 0.6) is 0 Å². The van der Waals surface area contributed by atoms with Crippen LogP contribution in [0.15, 0.2) is 103 Å². The highest BCUT2D eigenvalue weighted by molar-refractivity contribution is 5.92. The molecule has 0 aliphatic rings. The molecular formula is C37H43N3O4. The summed E-state index contributed by atoms with van der Waals surface area (Å²) in [5, 5.41) is 22.1. The second kappa shape index (κ2) is 16.4. The number of aliphatic hydroxyl groups is 1. The monoisotopic (exact) mass is 593 g/mol. The molecule has 3 atom stereocenters. The van der Waals surface area contributed by atoms with E-state index in [1.165, 1.54) is 0 Å². The number of hydrogen-bond acceptors (Lipinski definition) is 4. The molecule has 0 heterocycles. The van der Waals surface area contributed by atoms with Crippen molar-refractivity contribution in [3.63, 3.8) is 0 Å². The third-order valence-electron chi connectivity index (χ3n) is 7.83. The van der Waals surface area contributed by atoms with Crippen LogP contribution in [-0.2, 0) is 33.6 Å². The van der Waals surface area contributed by atoms with E-state index in [9.17, 15) is 19.5 Å². The van der Waals surface area contributed by atoms with Gasteiger partial charge in [0.1, 0.15) is 6.04 Å². The molecule has 7 nitrogen and oxygen atoms in total. The van der Waals surface area contributed by atoms with Crippen molar-refractivity contribution in [3.8, 4) is 0 Å². The lowest BCUT2D eigenvalue weighted by Crippen LogP contribution is -2.55. The molecule has 230 valence electrons. The number of rotatable bonds is 15. The van der Waals surface area contributed by atoms with Gasteiger partial charge >= 0.3 is 0 Å².